The number of imidazole rings is 1. The van der Waals surface area contributed by atoms with E-state index >= 15 is 0 Å². The van der Waals surface area contributed by atoms with E-state index in [1.165, 1.54) is 0 Å². The van der Waals surface area contributed by atoms with Gasteiger partial charge in [0.15, 0.2) is 0 Å². The van der Waals surface area contributed by atoms with E-state index in [0.29, 0.717) is 0 Å². The van der Waals surface area contributed by atoms with Crippen molar-refractivity contribution < 1.29 is 0 Å². The first-order chi connectivity index (χ1) is 11.0. The monoisotopic (exact) mass is 315 g/mol. The maximum Gasteiger partial charge on any atom is 0.256 e. The number of nitrogens with one attached hydrogen (secondary N) is 1. The van der Waals surface area contributed by atoms with E-state index in [2.05, 4.69) is 33.7 Å². The number of aryl methyl sites for hydroxylation is 3. The maximum atomic E-state index is 12.4. The van der Waals surface area contributed by atoms with Crippen LogP contribution in [0.4, 0.5) is 0 Å². The molecule has 2 aromatic heterocycles. The molecule has 3 heterocycles. The van der Waals surface area contributed by atoms with E-state index in [0.717, 1.165) is 73.2 Å². The molecule has 0 spiro atoms. The fraction of sp³-hybridized carbons (Fsp3) is 0.588. The second-order valence-electron chi connectivity index (χ2n) is 6.33. The van der Waals surface area contributed by atoms with Crippen LogP contribution in [0.25, 0.3) is 0 Å². The molecule has 124 valence electrons. The summed E-state index contributed by atoms with van der Waals surface area (Å²) in [6, 6.07) is 0. The molecule has 0 aromatic carbocycles. The second-order valence-corrected chi connectivity index (χ2v) is 6.33. The van der Waals surface area contributed by atoms with Crippen molar-refractivity contribution in [3.8, 4) is 0 Å². The van der Waals surface area contributed by atoms with Crippen LogP contribution < -0.4 is 5.56 Å². The lowest BCUT2D eigenvalue weighted by molar-refractivity contribution is 0.275. The summed E-state index contributed by atoms with van der Waals surface area (Å²) in [5, 5.41) is 0. The lowest BCUT2D eigenvalue weighted by Gasteiger charge is -2.18. The van der Waals surface area contributed by atoms with Crippen molar-refractivity contribution in [3.63, 3.8) is 0 Å². The molecule has 0 unspecified atom stereocenters. The maximum absolute atomic E-state index is 12.4. The lowest BCUT2D eigenvalue weighted by Crippen LogP contribution is -2.28. The zero-order valence-corrected chi connectivity index (χ0v) is 14.4. The van der Waals surface area contributed by atoms with Crippen LogP contribution in [0.5, 0.6) is 0 Å². The van der Waals surface area contributed by atoms with Crippen LogP contribution in [0.3, 0.4) is 0 Å². The molecule has 6 nitrogen and oxygen atoms in total. The van der Waals surface area contributed by atoms with Crippen molar-refractivity contribution in [2.45, 2.75) is 46.6 Å². The number of hydrogen-bond acceptors (Lipinski definition) is 4. The first-order valence-electron chi connectivity index (χ1n) is 8.31. The Labute approximate surface area is 136 Å². The summed E-state index contributed by atoms with van der Waals surface area (Å²) in [7, 11) is 1.80. The van der Waals surface area contributed by atoms with E-state index < -0.39 is 0 Å². The van der Waals surface area contributed by atoms with Gasteiger partial charge in [0.25, 0.3) is 5.56 Å². The van der Waals surface area contributed by atoms with Crippen molar-refractivity contribution in [1.82, 2.24) is 24.4 Å². The van der Waals surface area contributed by atoms with E-state index in [1.807, 2.05) is 6.92 Å². The second kappa shape index (κ2) is 6.28. The minimum Gasteiger partial charge on any atom is -0.346 e. The Morgan fingerprint density at radius 3 is 2.61 bits per heavy atom. The third-order valence-corrected chi connectivity index (χ3v) is 4.78. The summed E-state index contributed by atoms with van der Waals surface area (Å²) in [6.45, 7) is 8.70. The molecule has 0 fully saturated rings. The van der Waals surface area contributed by atoms with Gasteiger partial charge in [0, 0.05) is 50.8 Å². The highest BCUT2D eigenvalue weighted by atomic mass is 16.1. The number of fused-ring (bicyclic) bond motifs is 1. The highest BCUT2D eigenvalue weighted by Gasteiger charge is 2.20. The quantitative estimate of drug-likeness (QED) is 0.927. The highest BCUT2D eigenvalue weighted by Crippen LogP contribution is 2.15. The Morgan fingerprint density at radius 2 is 1.91 bits per heavy atom. The highest BCUT2D eigenvalue weighted by molar-refractivity contribution is 5.21. The number of aromatic amines is 1. The molecular weight excluding hydrogens is 290 g/mol. The number of hydrogen-bond donors (Lipinski definition) is 1. The van der Waals surface area contributed by atoms with Gasteiger partial charge in [-0.15, -0.1) is 0 Å². The molecule has 2 aromatic rings. The van der Waals surface area contributed by atoms with Crippen molar-refractivity contribution in [2.75, 3.05) is 13.1 Å². The molecule has 0 saturated carbocycles. The topological polar surface area (TPSA) is 66.8 Å². The Balaban J connectivity index is 1.78. The molecule has 1 aliphatic heterocycles. The fourth-order valence-electron chi connectivity index (χ4n) is 3.17. The van der Waals surface area contributed by atoms with Crippen LogP contribution in [0.1, 0.15) is 41.2 Å². The Hall–Kier alpha value is -1.95. The minimum absolute atomic E-state index is 0.110. The van der Waals surface area contributed by atoms with Gasteiger partial charge in [-0.1, -0.05) is 6.92 Å². The molecule has 3 rings (SSSR count). The predicted molar refractivity (Wildman–Crippen MR) is 89.6 cm³/mol. The van der Waals surface area contributed by atoms with Crippen LogP contribution >= 0.6 is 0 Å². The summed E-state index contributed by atoms with van der Waals surface area (Å²) in [4.78, 5) is 27.4. The molecule has 0 saturated heterocycles. The van der Waals surface area contributed by atoms with E-state index in [-0.39, 0.29) is 5.56 Å². The Morgan fingerprint density at radius 1 is 1.17 bits per heavy atom. The summed E-state index contributed by atoms with van der Waals surface area (Å²) >= 11 is 0. The van der Waals surface area contributed by atoms with Crippen LogP contribution in [0, 0.1) is 13.8 Å². The summed E-state index contributed by atoms with van der Waals surface area (Å²) < 4.78 is 1.65. The number of H-pyrrole nitrogens is 1. The summed E-state index contributed by atoms with van der Waals surface area (Å²) in [5.41, 5.74) is 4.23. The van der Waals surface area contributed by atoms with Crippen LogP contribution in [0.15, 0.2) is 4.79 Å². The first kappa shape index (κ1) is 15.9. The van der Waals surface area contributed by atoms with Gasteiger partial charge < -0.3 is 4.98 Å². The van der Waals surface area contributed by atoms with Crippen molar-refractivity contribution >= 4 is 0 Å². The van der Waals surface area contributed by atoms with Gasteiger partial charge in [-0.2, -0.15) is 0 Å². The predicted octanol–water partition coefficient (Wildman–Crippen LogP) is 1.28. The van der Waals surface area contributed by atoms with Gasteiger partial charge >= 0.3 is 0 Å². The minimum atomic E-state index is 0.110. The molecule has 0 atom stereocenters. The Kier molecular flexibility index (Phi) is 4.35. The van der Waals surface area contributed by atoms with Crippen molar-refractivity contribution in [1.29, 1.82) is 0 Å². The zero-order valence-electron chi connectivity index (χ0n) is 14.4. The van der Waals surface area contributed by atoms with E-state index in [1.54, 1.807) is 11.6 Å². The molecule has 23 heavy (non-hydrogen) atoms. The molecule has 6 heteroatoms. The average molecular weight is 315 g/mol. The molecule has 0 bridgehead atoms. The third kappa shape index (κ3) is 3.08. The molecule has 1 aliphatic rings. The zero-order chi connectivity index (χ0) is 16.6. The normalized spacial score (nSPS) is 15.5. The SMILES string of the molecule is CCc1nc(CN2CCc3nc(C)n(C)c(=O)c3CC2)c(C)[nH]1. The summed E-state index contributed by atoms with van der Waals surface area (Å²) in [6.07, 6.45) is 2.52. The molecule has 0 amide bonds. The van der Waals surface area contributed by atoms with Crippen LogP contribution in [-0.2, 0) is 32.9 Å². The van der Waals surface area contributed by atoms with E-state index in [9.17, 15) is 4.79 Å². The van der Waals surface area contributed by atoms with Gasteiger partial charge in [0.1, 0.15) is 11.6 Å². The molecule has 0 radical (unpaired) electrons. The van der Waals surface area contributed by atoms with Gasteiger partial charge in [0.2, 0.25) is 0 Å². The van der Waals surface area contributed by atoms with E-state index in [4.69, 9.17) is 0 Å². The fourth-order valence-corrected chi connectivity index (χ4v) is 3.17. The summed E-state index contributed by atoms with van der Waals surface area (Å²) in [5.74, 6) is 1.83. The van der Waals surface area contributed by atoms with Gasteiger partial charge in [-0.3, -0.25) is 14.3 Å². The smallest absolute Gasteiger partial charge is 0.256 e. The number of nitrogens with zero attached hydrogens (tertiary/aromatic N) is 4. The first-order valence-corrected chi connectivity index (χ1v) is 8.31. The van der Waals surface area contributed by atoms with Crippen LogP contribution in [-0.4, -0.2) is 37.5 Å². The van der Waals surface area contributed by atoms with Gasteiger partial charge in [-0.05, 0) is 20.3 Å². The van der Waals surface area contributed by atoms with Gasteiger partial charge in [0.05, 0.1) is 11.4 Å². The molecule has 1 N–H and O–H groups in total. The molecule has 0 aliphatic carbocycles. The number of rotatable bonds is 3. The third-order valence-electron chi connectivity index (χ3n) is 4.78. The van der Waals surface area contributed by atoms with Crippen molar-refractivity contribution in [3.05, 3.63) is 44.6 Å². The van der Waals surface area contributed by atoms with Crippen molar-refractivity contribution in [2.24, 2.45) is 7.05 Å². The van der Waals surface area contributed by atoms with Gasteiger partial charge in [-0.25, -0.2) is 9.97 Å². The number of aromatic nitrogens is 4. The average Bonchev–Trinajstić information content (AvgIpc) is 2.76. The Bertz CT molecular complexity index is 774. The standard InChI is InChI=1S/C17H25N5O/c1-5-16-18-11(2)15(20-16)10-22-8-6-13-14(7-9-22)19-12(3)21(4)17(13)23/h5-10H2,1-4H3,(H,18,20). The largest absolute Gasteiger partial charge is 0.346 e. The lowest BCUT2D eigenvalue weighted by atomic mass is 10.1. The van der Waals surface area contributed by atoms with Crippen LogP contribution in [0.2, 0.25) is 0 Å². The molecular formula is C17H25N5O.